The van der Waals surface area contributed by atoms with Crippen LogP contribution in [0.25, 0.3) is 0 Å². The van der Waals surface area contributed by atoms with Crippen LogP contribution in [-0.2, 0) is 4.79 Å². The standard InChI is InChI=1S/C9H10N2O/c1-8(12)2-7-11-9-3-5-10-6-4-9/h2-7H,1H3,(H,10,11)/b7-2+. The average molecular weight is 162 g/mol. The molecule has 0 spiro atoms. The van der Waals surface area contributed by atoms with Crippen molar-refractivity contribution in [1.29, 1.82) is 0 Å². The number of allylic oxidation sites excluding steroid dienone is 1. The molecule has 0 aromatic carbocycles. The van der Waals surface area contributed by atoms with Crippen molar-refractivity contribution in [3.05, 3.63) is 36.8 Å². The molecule has 0 saturated heterocycles. The van der Waals surface area contributed by atoms with Gasteiger partial charge in [0.1, 0.15) is 0 Å². The molecule has 0 aliphatic heterocycles. The van der Waals surface area contributed by atoms with Gasteiger partial charge in [0.2, 0.25) is 0 Å². The first-order valence-electron chi connectivity index (χ1n) is 3.63. The van der Waals surface area contributed by atoms with Crippen molar-refractivity contribution in [2.24, 2.45) is 0 Å². The van der Waals surface area contributed by atoms with Crippen molar-refractivity contribution in [3.63, 3.8) is 0 Å². The molecule has 0 unspecified atom stereocenters. The van der Waals surface area contributed by atoms with Gasteiger partial charge in [0.05, 0.1) is 0 Å². The predicted octanol–water partition coefficient (Wildman–Crippen LogP) is 1.60. The molecule has 1 N–H and O–H groups in total. The van der Waals surface area contributed by atoms with Gasteiger partial charge >= 0.3 is 0 Å². The molecule has 3 heteroatoms. The maximum absolute atomic E-state index is 10.5. The largest absolute Gasteiger partial charge is 0.361 e. The molecule has 1 heterocycles. The first-order valence-corrected chi connectivity index (χ1v) is 3.63. The Kier molecular flexibility index (Phi) is 3.02. The second-order valence-electron chi connectivity index (χ2n) is 2.32. The highest BCUT2D eigenvalue weighted by Crippen LogP contribution is 2.01. The zero-order chi connectivity index (χ0) is 8.81. The van der Waals surface area contributed by atoms with Crippen LogP contribution in [0.3, 0.4) is 0 Å². The summed E-state index contributed by atoms with van der Waals surface area (Å²) in [6.07, 6.45) is 6.45. The third kappa shape index (κ3) is 2.96. The number of ketones is 1. The molecular formula is C9H10N2O. The van der Waals surface area contributed by atoms with Gasteiger partial charge in [-0.1, -0.05) is 0 Å². The summed E-state index contributed by atoms with van der Waals surface area (Å²) in [5.74, 6) is 0.0246. The van der Waals surface area contributed by atoms with Crippen molar-refractivity contribution in [1.82, 2.24) is 4.98 Å². The lowest BCUT2D eigenvalue weighted by Gasteiger charge is -1.96. The Morgan fingerprint density at radius 3 is 2.75 bits per heavy atom. The van der Waals surface area contributed by atoms with Gasteiger partial charge < -0.3 is 5.32 Å². The number of nitrogens with one attached hydrogen (secondary N) is 1. The smallest absolute Gasteiger partial charge is 0.154 e. The van der Waals surface area contributed by atoms with Crippen molar-refractivity contribution in [3.8, 4) is 0 Å². The fourth-order valence-electron chi connectivity index (χ4n) is 0.703. The summed E-state index contributed by atoms with van der Waals surface area (Å²) in [6, 6.07) is 3.65. The molecular weight excluding hydrogens is 152 g/mol. The van der Waals surface area contributed by atoms with Crippen molar-refractivity contribution in [2.75, 3.05) is 5.32 Å². The number of hydrogen-bond donors (Lipinski definition) is 1. The van der Waals surface area contributed by atoms with Crippen LogP contribution < -0.4 is 5.32 Å². The normalized spacial score (nSPS) is 10.1. The van der Waals surface area contributed by atoms with E-state index in [4.69, 9.17) is 0 Å². The van der Waals surface area contributed by atoms with Crippen LogP contribution >= 0.6 is 0 Å². The van der Waals surface area contributed by atoms with Gasteiger partial charge in [-0.2, -0.15) is 0 Å². The van der Waals surface area contributed by atoms with E-state index in [2.05, 4.69) is 10.3 Å². The molecule has 12 heavy (non-hydrogen) atoms. The molecule has 0 fully saturated rings. The van der Waals surface area contributed by atoms with E-state index in [-0.39, 0.29) is 5.78 Å². The van der Waals surface area contributed by atoms with Gasteiger partial charge in [0.15, 0.2) is 5.78 Å². The van der Waals surface area contributed by atoms with Crippen molar-refractivity contribution < 1.29 is 4.79 Å². The lowest BCUT2D eigenvalue weighted by atomic mass is 10.4. The van der Waals surface area contributed by atoms with Gasteiger partial charge in [-0.3, -0.25) is 9.78 Å². The first-order chi connectivity index (χ1) is 5.79. The molecule has 0 aliphatic rings. The topological polar surface area (TPSA) is 42.0 Å². The number of aromatic nitrogens is 1. The van der Waals surface area contributed by atoms with Crippen molar-refractivity contribution in [2.45, 2.75) is 6.92 Å². The zero-order valence-electron chi connectivity index (χ0n) is 6.82. The Morgan fingerprint density at radius 1 is 1.50 bits per heavy atom. The molecule has 0 aliphatic carbocycles. The summed E-state index contributed by atoms with van der Waals surface area (Å²) in [5.41, 5.74) is 0.919. The quantitative estimate of drug-likeness (QED) is 0.686. The number of rotatable bonds is 3. The minimum absolute atomic E-state index is 0.0246. The summed E-state index contributed by atoms with van der Waals surface area (Å²) in [5, 5.41) is 2.93. The van der Waals surface area contributed by atoms with Crippen LogP contribution in [0, 0.1) is 0 Å². The molecule has 1 rings (SSSR count). The predicted molar refractivity (Wildman–Crippen MR) is 47.7 cm³/mol. The van der Waals surface area contributed by atoms with E-state index in [1.165, 1.54) is 13.0 Å². The average Bonchev–Trinajstić information content (AvgIpc) is 2.05. The molecule has 0 radical (unpaired) electrons. The molecule has 1 aromatic rings. The Bertz CT molecular complexity index is 280. The molecule has 3 nitrogen and oxygen atoms in total. The lowest BCUT2D eigenvalue weighted by molar-refractivity contribution is -0.112. The highest BCUT2D eigenvalue weighted by atomic mass is 16.1. The van der Waals surface area contributed by atoms with Gasteiger partial charge in [0.25, 0.3) is 0 Å². The second kappa shape index (κ2) is 4.28. The molecule has 62 valence electrons. The summed E-state index contributed by atoms with van der Waals surface area (Å²) in [4.78, 5) is 14.4. The summed E-state index contributed by atoms with van der Waals surface area (Å²) >= 11 is 0. The maximum Gasteiger partial charge on any atom is 0.154 e. The Balaban J connectivity index is 2.49. The minimum atomic E-state index is 0.0246. The summed E-state index contributed by atoms with van der Waals surface area (Å²) in [6.45, 7) is 1.50. The van der Waals surface area contributed by atoms with E-state index < -0.39 is 0 Å². The number of pyridine rings is 1. The molecule has 1 aromatic heterocycles. The fraction of sp³-hybridized carbons (Fsp3) is 0.111. The number of carbonyl (C=O) groups is 1. The molecule has 0 atom stereocenters. The van der Waals surface area contributed by atoms with Crippen LogP contribution in [0.5, 0.6) is 0 Å². The lowest BCUT2D eigenvalue weighted by Crippen LogP contribution is -1.89. The maximum atomic E-state index is 10.5. The number of carbonyl (C=O) groups excluding carboxylic acids is 1. The Hall–Kier alpha value is -1.64. The van der Waals surface area contributed by atoms with Gasteiger partial charge in [-0.15, -0.1) is 0 Å². The highest BCUT2D eigenvalue weighted by Gasteiger charge is 1.84. The van der Waals surface area contributed by atoms with E-state index in [1.54, 1.807) is 18.6 Å². The van der Waals surface area contributed by atoms with E-state index in [0.29, 0.717) is 0 Å². The monoisotopic (exact) mass is 162 g/mol. The highest BCUT2D eigenvalue weighted by molar-refractivity contribution is 5.87. The van der Waals surface area contributed by atoms with Crippen LogP contribution in [0.1, 0.15) is 6.92 Å². The SMILES string of the molecule is CC(=O)/C=C/Nc1ccncc1. The first kappa shape index (κ1) is 8.46. The van der Waals surface area contributed by atoms with Crippen LogP contribution in [-0.4, -0.2) is 10.8 Å². The number of anilines is 1. The third-order valence-electron chi connectivity index (χ3n) is 1.25. The van der Waals surface area contributed by atoms with E-state index in [0.717, 1.165) is 5.69 Å². The zero-order valence-corrected chi connectivity index (χ0v) is 6.82. The fourth-order valence-corrected chi connectivity index (χ4v) is 0.703. The van der Waals surface area contributed by atoms with Gasteiger partial charge in [-0.25, -0.2) is 0 Å². The minimum Gasteiger partial charge on any atom is -0.361 e. The van der Waals surface area contributed by atoms with Gasteiger partial charge in [0, 0.05) is 24.3 Å². The Labute approximate surface area is 71.1 Å². The van der Waals surface area contributed by atoms with E-state index >= 15 is 0 Å². The van der Waals surface area contributed by atoms with Crippen LogP contribution in [0.4, 0.5) is 5.69 Å². The Morgan fingerprint density at radius 2 is 2.17 bits per heavy atom. The van der Waals surface area contributed by atoms with Crippen LogP contribution in [0.15, 0.2) is 36.8 Å². The molecule has 0 amide bonds. The van der Waals surface area contributed by atoms with Gasteiger partial charge in [-0.05, 0) is 25.1 Å². The number of nitrogens with zero attached hydrogens (tertiary/aromatic N) is 1. The van der Waals surface area contributed by atoms with Crippen molar-refractivity contribution >= 4 is 11.5 Å². The number of hydrogen-bond acceptors (Lipinski definition) is 3. The summed E-state index contributed by atoms with van der Waals surface area (Å²) in [7, 11) is 0. The van der Waals surface area contributed by atoms with E-state index in [1.807, 2.05) is 12.1 Å². The second-order valence-corrected chi connectivity index (χ2v) is 2.32. The summed E-state index contributed by atoms with van der Waals surface area (Å²) < 4.78 is 0. The molecule has 0 saturated carbocycles. The molecule has 0 bridgehead atoms. The van der Waals surface area contributed by atoms with Crippen LogP contribution in [0.2, 0.25) is 0 Å². The van der Waals surface area contributed by atoms with E-state index in [9.17, 15) is 4.79 Å². The third-order valence-corrected chi connectivity index (χ3v) is 1.25.